The van der Waals surface area contributed by atoms with Gasteiger partial charge in [0.2, 0.25) is 0 Å². The fourth-order valence-corrected chi connectivity index (χ4v) is 5.15. The predicted molar refractivity (Wildman–Crippen MR) is 140 cm³/mol. The highest BCUT2D eigenvalue weighted by Crippen LogP contribution is 2.27. The maximum Gasteiger partial charge on any atom is 0.252 e. The molecule has 8 heteroatoms. The predicted octanol–water partition coefficient (Wildman–Crippen LogP) is 4.20. The van der Waals surface area contributed by atoms with Gasteiger partial charge in [0.1, 0.15) is 0 Å². The van der Waals surface area contributed by atoms with Crippen molar-refractivity contribution in [2.75, 3.05) is 13.2 Å². The molecule has 2 aromatic carbocycles. The third kappa shape index (κ3) is 5.55. The van der Waals surface area contributed by atoms with Crippen LogP contribution in [0.4, 0.5) is 0 Å². The molecular weight excluding hydrogens is 452 g/mol. The Morgan fingerprint density at radius 3 is 2.83 bits per heavy atom. The van der Waals surface area contributed by atoms with Crippen LogP contribution in [0.1, 0.15) is 54.7 Å². The van der Waals surface area contributed by atoms with Gasteiger partial charge in [0.15, 0.2) is 5.82 Å². The van der Waals surface area contributed by atoms with Gasteiger partial charge in [0.25, 0.3) is 5.56 Å². The molecule has 188 valence electrons. The lowest BCUT2D eigenvalue weighted by atomic mass is 10.1. The van der Waals surface area contributed by atoms with Gasteiger partial charge >= 0.3 is 0 Å². The molecule has 0 spiro atoms. The second kappa shape index (κ2) is 11.1. The molecule has 0 saturated carbocycles. The molecule has 4 aromatic rings. The van der Waals surface area contributed by atoms with Crippen molar-refractivity contribution in [3.63, 3.8) is 0 Å². The molecule has 1 N–H and O–H groups in total. The minimum absolute atomic E-state index is 0.0346. The minimum atomic E-state index is -0.0535. The Morgan fingerprint density at radius 1 is 1.19 bits per heavy atom. The number of rotatable bonds is 10. The summed E-state index contributed by atoms with van der Waals surface area (Å²) in [7, 11) is 0. The van der Waals surface area contributed by atoms with Gasteiger partial charge in [-0.3, -0.25) is 9.69 Å². The molecule has 0 bridgehead atoms. The molecule has 8 nitrogen and oxygen atoms in total. The van der Waals surface area contributed by atoms with Gasteiger partial charge < -0.3 is 9.72 Å². The third-order valence-electron chi connectivity index (χ3n) is 7.05. The number of aromatic nitrogens is 5. The van der Waals surface area contributed by atoms with Crippen molar-refractivity contribution in [2.45, 2.75) is 64.8 Å². The summed E-state index contributed by atoms with van der Waals surface area (Å²) in [4.78, 5) is 18.4. The lowest BCUT2D eigenvalue weighted by molar-refractivity contribution is 0.0488. The van der Waals surface area contributed by atoms with Crippen molar-refractivity contribution >= 4 is 10.9 Å². The molecule has 0 radical (unpaired) electrons. The van der Waals surface area contributed by atoms with Crippen LogP contribution in [0.3, 0.4) is 0 Å². The van der Waals surface area contributed by atoms with E-state index in [1.165, 1.54) is 11.1 Å². The normalized spacial score (nSPS) is 16.7. The standard InChI is InChI=1S/C28H34N6O2/c1-3-26(27-30-31-32-34(27)14-13-21-8-5-4-6-9-21)33(19-24-10-7-15-36-24)18-23-17-22-16-20(2)11-12-25(22)29-28(23)35/h4-6,8-9,11-12,16-17,24,26H,3,7,10,13-15,18-19H2,1-2H3,(H,29,35). The number of aryl methyl sites for hydroxylation is 3. The zero-order valence-corrected chi connectivity index (χ0v) is 21.1. The number of nitrogens with zero attached hydrogens (tertiary/aromatic N) is 5. The summed E-state index contributed by atoms with van der Waals surface area (Å²) < 4.78 is 7.91. The van der Waals surface area contributed by atoms with Crippen LogP contribution in [0.5, 0.6) is 0 Å². The fraction of sp³-hybridized carbons (Fsp3) is 0.429. The molecule has 36 heavy (non-hydrogen) atoms. The van der Waals surface area contributed by atoms with E-state index in [1.807, 2.05) is 28.9 Å². The van der Waals surface area contributed by atoms with Gasteiger partial charge in [-0.05, 0) is 72.2 Å². The molecule has 3 heterocycles. The van der Waals surface area contributed by atoms with E-state index in [4.69, 9.17) is 4.74 Å². The van der Waals surface area contributed by atoms with Crippen LogP contribution in [0.15, 0.2) is 59.4 Å². The average molecular weight is 487 g/mol. The topological polar surface area (TPSA) is 88.9 Å². The Labute approximate surface area is 211 Å². The highest BCUT2D eigenvalue weighted by atomic mass is 16.5. The van der Waals surface area contributed by atoms with Gasteiger partial charge in [-0.2, -0.15) is 0 Å². The minimum Gasteiger partial charge on any atom is -0.377 e. The number of pyridine rings is 1. The van der Waals surface area contributed by atoms with Gasteiger partial charge in [-0.25, -0.2) is 4.68 Å². The number of fused-ring (bicyclic) bond motifs is 1. The Balaban J connectivity index is 1.44. The van der Waals surface area contributed by atoms with Crippen LogP contribution in [0, 0.1) is 6.92 Å². The van der Waals surface area contributed by atoms with Crippen LogP contribution in [-0.4, -0.2) is 49.3 Å². The van der Waals surface area contributed by atoms with E-state index >= 15 is 0 Å². The first-order valence-electron chi connectivity index (χ1n) is 12.9. The molecule has 0 amide bonds. The maximum atomic E-state index is 13.1. The summed E-state index contributed by atoms with van der Waals surface area (Å²) in [5.74, 6) is 0.833. The van der Waals surface area contributed by atoms with Gasteiger partial charge in [-0.15, -0.1) is 5.10 Å². The van der Waals surface area contributed by atoms with E-state index in [0.29, 0.717) is 13.1 Å². The number of aromatic amines is 1. The molecule has 2 atom stereocenters. The van der Waals surface area contributed by atoms with Crippen LogP contribution in [0.25, 0.3) is 10.9 Å². The van der Waals surface area contributed by atoms with Crippen molar-refractivity contribution in [3.8, 4) is 0 Å². The zero-order chi connectivity index (χ0) is 24.9. The van der Waals surface area contributed by atoms with Crippen molar-refractivity contribution in [1.82, 2.24) is 30.1 Å². The number of H-pyrrole nitrogens is 1. The van der Waals surface area contributed by atoms with Crippen molar-refractivity contribution in [3.05, 3.63) is 87.5 Å². The van der Waals surface area contributed by atoms with Crippen molar-refractivity contribution in [1.29, 1.82) is 0 Å². The number of hydrogen-bond donors (Lipinski definition) is 1. The highest BCUT2D eigenvalue weighted by molar-refractivity contribution is 5.79. The maximum absolute atomic E-state index is 13.1. The second-order valence-electron chi connectivity index (χ2n) is 9.70. The lowest BCUT2D eigenvalue weighted by Crippen LogP contribution is -2.37. The Bertz CT molecular complexity index is 1340. The van der Waals surface area contributed by atoms with Crippen LogP contribution in [-0.2, 0) is 24.2 Å². The quantitative estimate of drug-likeness (QED) is 0.361. The Kier molecular flexibility index (Phi) is 7.53. The molecule has 0 aliphatic carbocycles. The number of nitrogens with one attached hydrogen (secondary N) is 1. The van der Waals surface area contributed by atoms with Crippen molar-refractivity contribution in [2.24, 2.45) is 0 Å². The van der Waals surface area contributed by atoms with E-state index in [0.717, 1.165) is 61.1 Å². The number of hydrogen-bond acceptors (Lipinski definition) is 6. The van der Waals surface area contributed by atoms with E-state index in [-0.39, 0.29) is 17.7 Å². The Hall–Kier alpha value is -3.36. The summed E-state index contributed by atoms with van der Waals surface area (Å²) >= 11 is 0. The molecule has 1 aliphatic rings. The first kappa shape index (κ1) is 24.3. The van der Waals surface area contributed by atoms with Gasteiger partial charge in [0.05, 0.1) is 12.1 Å². The largest absolute Gasteiger partial charge is 0.377 e. The number of tetrazole rings is 1. The summed E-state index contributed by atoms with van der Waals surface area (Å²) in [5, 5.41) is 13.8. The SMILES string of the molecule is CCC(c1nnnn1CCc1ccccc1)N(Cc1cc2cc(C)ccc2[nH]c1=O)CC1CCCO1. The van der Waals surface area contributed by atoms with Crippen LogP contribution >= 0.6 is 0 Å². The van der Waals surface area contributed by atoms with E-state index in [9.17, 15) is 4.79 Å². The molecule has 1 saturated heterocycles. The van der Waals surface area contributed by atoms with E-state index in [2.05, 4.69) is 69.6 Å². The molecule has 1 fully saturated rings. The molecular formula is C28H34N6O2. The second-order valence-corrected chi connectivity index (χ2v) is 9.70. The highest BCUT2D eigenvalue weighted by Gasteiger charge is 2.29. The smallest absolute Gasteiger partial charge is 0.252 e. The molecule has 2 unspecified atom stereocenters. The average Bonchev–Trinajstić information content (AvgIpc) is 3.57. The van der Waals surface area contributed by atoms with E-state index < -0.39 is 0 Å². The number of benzene rings is 2. The van der Waals surface area contributed by atoms with Crippen LogP contribution in [0.2, 0.25) is 0 Å². The summed E-state index contributed by atoms with van der Waals surface area (Å²) in [6.07, 6.45) is 3.92. The van der Waals surface area contributed by atoms with Gasteiger partial charge in [-0.1, -0.05) is 48.9 Å². The van der Waals surface area contributed by atoms with Gasteiger partial charge in [0, 0.05) is 37.3 Å². The van der Waals surface area contributed by atoms with E-state index in [1.54, 1.807) is 0 Å². The monoisotopic (exact) mass is 486 g/mol. The number of ether oxygens (including phenoxy) is 1. The summed E-state index contributed by atoms with van der Waals surface area (Å²) in [5.41, 5.74) is 3.97. The first-order valence-corrected chi connectivity index (χ1v) is 12.9. The lowest BCUT2D eigenvalue weighted by Gasteiger charge is -2.32. The molecule has 2 aromatic heterocycles. The first-order chi connectivity index (χ1) is 17.6. The molecule has 1 aliphatic heterocycles. The fourth-order valence-electron chi connectivity index (χ4n) is 5.15. The van der Waals surface area contributed by atoms with Crippen LogP contribution < -0.4 is 5.56 Å². The Morgan fingerprint density at radius 2 is 2.06 bits per heavy atom. The summed E-state index contributed by atoms with van der Waals surface area (Å²) in [6.45, 7) is 6.94. The third-order valence-corrected chi connectivity index (χ3v) is 7.05. The van der Waals surface area contributed by atoms with Crippen molar-refractivity contribution < 1.29 is 4.74 Å². The molecule has 5 rings (SSSR count). The zero-order valence-electron chi connectivity index (χ0n) is 21.1. The summed E-state index contributed by atoms with van der Waals surface area (Å²) in [6, 6.07) is 18.5.